The molecule has 28 nitrogen and oxygen atoms in total. The van der Waals surface area contributed by atoms with E-state index in [9.17, 15) is 73.8 Å². The van der Waals surface area contributed by atoms with Crippen molar-refractivity contribution in [3.05, 3.63) is 0 Å². The largest absolute Gasteiger partial charge is 0.481 e. The van der Waals surface area contributed by atoms with Crippen LogP contribution in [0, 0.1) is 0 Å². The Morgan fingerprint density at radius 1 is 0.677 bits per heavy atom. The molecule has 1 unspecified atom stereocenters. The Balaban J connectivity index is 2.22. The van der Waals surface area contributed by atoms with Gasteiger partial charge in [-0.05, 0) is 40.0 Å². The molecule has 7 amide bonds. The first-order valence-electron chi connectivity index (χ1n) is 20.4. The number of carbonyl (C=O) groups excluding carboxylic acids is 7. The second-order valence-electron chi connectivity index (χ2n) is 15.6. The molecule has 0 aromatic heterocycles. The zero-order valence-electron chi connectivity index (χ0n) is 36.3. The van der Waals surface area contributed by atoms with E-state index in [4.69, 9.17) is 35.5 Å². The summed E-state index contributed by atoms with van der Waals surface area (Å²) < 4.78 is 23.1. The highest BCUT2D eigenvalue weighted by Gasteiger charge is 2.53. The lowest BCUT2D eigenvalue weighted by atomic mass is 9.94. The number of carbonyl (C=O) groups is 9. The van der Waals surface area contributed by atoms with Gasteiger partial charge in [-0.2, -0.15) is 0 Å². The molecular formula is C37H62N8O20. The Kier molecular flexibility index (Phi) is 22.5. The number of hydrogen-bond acceptors (Lipinski definition) is 19. The third-order valence-corrected chi connectivity index (χ3v) is 10.2. The van der Waals surface area contributed by atoms with E-state index in [-0.39, 0.29) is 19.3 Å². The standard InChI is InChI=1S/C37H62N8O20/c1-13(32(56)45-19(31(39)55)7-8-23(50)44-20(10-18(38)6-9-24(51)52)34(58)41-14(2)35(59)60)40-33(57)15(3)62-30-26(43-17(5)49)36(61)63-22(12-47)29(30)65-37-25(42-16(4)48)28(54)27(53)21(11-46)64-37/h13-15,18-22,25-30,36-37,46-47,53-54,61H,6-12,38H2,1-5H3,(H2,39,55)(H,40,57)(H,41,58)(H,42,48)(H,43,49)(H,44,50)(H,45,56)(H,51,52)(H,59,60)/t13-,14+,15+,18?,19+,20-,21+,22+,25+,26+,27+,28+,29+,30+,36+,37-/m0/s1. The number of rotatable bonds is 25. The summed E-state index contributed by atoms with van der Waals surface area (Å²) >= 11 is 0. The molecular weight excluding hydrogens is 876 g/mol. The summed E-state index contributed by atoms with van der Waals surface area (Å²) in [6, 6.07) is -9.72. The lowest BCUT2D eigenvalue weighted by Gasteiger charge is -2.48. The summed E-state index contributed by atoms with van der Waals surface area (Å²) in [7, 11) is 0. The van der Waals surface area contributed by atoms with Gasteiger partial charge < -0.3 is 98.1 Å². The van der Waals surface area contributed by atoms with Gasteiger partial charge in [0.2, 0.25) is 41.4 Å². The van der Waals surface area contributed by atoms with Crippen LogP contribution in [0.3, 0.4) is 0 Å². The molecule has 0 spiro atoms. The molecule has 0 radical (unpaired) electrons. The molecule has 0 aromatic rings. The normalized spacial score (nSPS) is 28.1. The third kappa shape index (κ3) is 17.3. The minimum Gasteiger partial charge on any atom is -0.481 e. The highest BCUT2D eigenvalue weighted by Crippen LogP contribution is 2.31. The van der Waals surface area contributed by atoms with E-state index in [1.165, 1.54) is 13.8 Å². The average Bonchev–Trinajstić information content (AvgIpc) is 3.22. The van der Waals surface area contributed by atoms with Crippen molar-refractivity contribution in [1.82, 2.24) is 31.9 Å². The number of carboxylic acid groups (broad SMARTS) is 2. The molecule has 2 saturated heterocycles. The van der Waals surface area contributed by atoms with E-state index in [2.05, 4.69) is 31.9 Å². The van der Waals surface area contributed by atoms with Crippen molar-refractivity contribution in [2.24, 2.45) is 11.5 Å². The van der Waals surface area contributed by atoms with Crippen LogP contribution in [0.15, 0.2) is 0 Å². The average molecular weight is 939 g/mol. The van der Waals surface area contributed by atoms with E-state index in [1.54, 1.807) is 0 Å². The predicted octanol–water partition coefficient (Wildman–Crippen LogP) is -7.79. The highest BCUT2D eigenvalue weighted by atomic mass is 16.7. The van der Waals surface area contributed by atoms with Crippen LogP contribution in [-0.4, -0.2) is 200 Å². The van der Waals surface area contributed by atoms with Gasteiger partial charge in [0.1, 0.15) is 79.0 Å². The van der Waals surface area contributed by atoms with Crippen LogP contribution in [0.2, 0.25) is 0 Å². The van der Waals surface area contributed by atoms with E-state index in [0.29, 0.717) is 0 Å². The first kappa shape index (κ1) is 56.0. The summed E-state index contributed by atoms with van der Waals surface area (Å²) in [5.41, 5.74) is 11.4. The molecule has 2 aliphatic heterocycles. The fourth-order valence-corrected chi connectivity index (χ4v) is 6.68. The quantitative estimate of drug-likeness (QED) is 0.0404. The van der Waals surface area contributed by atoms with Crippen LogP contribution < -0.4 is 43.4 Å². The Bertz CT molecular complexity index is 1690. The molecule has 0 aliphatic carbocycles. The maximum absolute atomic E-state index is 13.5. The monoisotopic (exact) mass is 938 g/mol. The van der Waals surface area contributed by atoms with Crippen molar-refractivity contribution in [3.8, 4) is 0 Å². The number of nitrogens with two attached hydrogens (primary N) is 2. The van der Waals surface area contributed by atoms with Crippen molar-refractivity contribution in [2.75, 3.05) is 13.2 Å². The van der Waals surface area contributed by atoms with Crippen LogP contribution in [0.5, 0.6) is 0 Å². The van der Waals surface area contributed by atoms with E-state index in [1.807, 2.05) is 0 Å². The number of ether oxygens (including phenoxy) is 4. The topological polar surface area (TPSA) is 456 Å². The lowest BCUT2D eigenvalue weighted by molar-refractivity contribution is -0.333. The van der Waals surface area contributed by atoms with Crippen LogP contribution in [-0.2, 0) is 62.1 Å². The minimum absolute atomic E-state index is 0.0870. The van der Waals surface area contributed by atoms with Gasteiger partial charge in [-0.1, -0.05) is 0 Å². The van der Waals surface area contributed by atoms with E-state index >= 15 is 0 Å². The van der Waals surface area contributed by atoms with E-state index in [0.717, 1.165) is 20.8 Å². The Morgan fingerprint density at radius 2 is 1.26 bits per heavy atom. The van der Waals surface area contributed by atoms with Gasteiger partial charge in [-0.25, -0.2) is 0 Å². The summed E-state index contributed by atoms with van der Waals surface area (Å²) in [5.74, 6) is -8.90. The molecule has 17 N–H and O–H groups in total. The van der Waals surface area contributed by atoms with Crippen LogP contribution in [0.4, 0.5) is 0 Å². The summed E-state index contributed by atoms with van der Waals surface area (Å²) in [5, 5.41) is 84.2. The number of aliphatic hydroxyl groups excluding tert-OH is 5. The Labute approximate surface area is 371 Å². The molecule has 2 aliphatic rings. The minimum atomic E-state index is -1.89. The van der Waals surface area contributed by atoms with Crippen LogP contribution in [0.25, 0.3) is 0 Å². The molecule has 28 heteroatoms. The number of carboxylic acids is 2. The maximum Gasteiger partial charge on any atom is 0.325 e. The number of aliphatic carboxylic acids is 2. The van der Waals surface area contributed by atoms with Gasteiger partial charge in [0, 0.05) is 32.7 Å². The van der Waals surface area contributed by atoms with Gasteiger partial charge in [0.25, 0.3) is 0 Å². The highest BCUT2D eigenvalue weighted by molar-refractivity contribution is 5.93. The van der Waals surface area contributed by atoms with Crippen molar-refractivity contribution >= 4 is 53.3 Å². The zero-order chi connectivity index (χ0) is 49.5. The van der Waals surface area contributed by atoms with Crippen molar-refractivity contribution in [2.45, 2.75) is 164 Å². The lowest BCUT2D eigenvalue weighted by Crippen LogP contribution is -2.70. The summed E-state index contributed by atoms with van der Waals surface area (Å²) in [6.07, 6.45) is -16.6. The molecule has 2 heterocycles. The molecule has 2 rings (SSSR count). The Hall–Kier alpha value is -5.17. The summed E-state index contributed by atoms with van der Waals surface area (Å²) in [4.78, 5) is 111. The molecule has 2 fully saturated rings. The number of hydrogen-bond donors (Lipinski definition) is 15. The molecule has 65 heavy (non-hydrogen) atoms. The van der Waals surface area contributed by atoms with Gasteiger partial charge in [0.15, 0.2) is 12.6 Å². The maximum atomic E-state index is 13.5. The van der Waals surface area contributed by atoms with Gasteiger partial charge in [0.05, 0.1) is 13.2 Å². The van der Waals surface area contributed by atoms with Crippen molar-refractivity contribution < 1.29 is 97.8 Å². The number of nitrogens with one attached hydrogen (secondary N) is 6. The van der Waals surface area contributed by atoms with Crippen molar-refractivity contribution in [3.63, 3.8) is 0 Å². The van der Waals surface area contributed by atoms with Crippen molar-refractivity contribution in [1.29, 1.82) is 0 Å². The van der Waals surface area contributed by atoms with Crippen LogP contribution in [0.1, 0.15) is 66.7 Å². The fraction of sp³-hybridized carbons (Fsp3) is 0.757. The number of primary amides is 1. The molecule has 16 atom stereocenters. The first-order valence-corrected chi connectivity index (χ1v) is 20.4. The Morgan fingerprint density at radius 3 is 1.80 bits per heavy atom. The molecule has 0 saturated carbocycles. The van der Waals surface area contributed by atoms with Gasteiger partial charge in [-0.3, -0.25) is 43.2 Å². The number of aliphatic hydroxyl groups is 5. The second-order valence-corrected chi connectivity index (χ2v) is 15.6. The molecule has 0 aromatic carbocycles. The van der Waals surface area contributed by atoms with Gasteiger partial charge in [-0.15, -0.1) is 0 Å². The van der Waals surface area contributed by atoms with Gasteiger partial charge >= 0.3 is 11.9 Å². The molecule has 370 valence electrons. The SMILES string of the molecule is CC(=O)N[C@@H]1[C@@H](O[C@H](C)C(=O)N[C@@H](C)C(=O)N[C@H](CCC(=O)N[C@@H](CC(N)CCC(=O)O)C(=O)N[C@H](C)C(=O)O)C(N)=O)[C@H](O[C@@H]2O[C@H](CO)[C@@H](O)[C@H](O)[C@H]2NC(C)=O)[C@@H](CO)O[C@H]1O. The third-order valence-electron chi connectivity index (χ3n) is 10.2. The second kappa shape index (κ2) is 26.1. The zero-order valence-corrected chi connectivity index (χ0v) is 36.3. The van der Waals surface area contributed by atoms with E-state index < -0.39 is 177 Å². The smallest absolute Gasteiger partial charge is 0.325 e. The van der Waals surface area contributed by atoms with Crippen LogP contribution >= 0.6 is 0 Å². The molecule has 0 bridgehead atoms. The number of amides is 7. The summed E-state index contributed by atoms with van der Waals surface area (Å²) in [6.45, 7) is 4.00. The fourth-order valence-electron chi connectivity index (χ4n) is 6.68. The predicted molar refractivity (Wildman–Crippen MR) is 215 cm³/mol. The first-order chi connectivity index (χ1) is 30.3.